The molecule has 1 aliphatic heterocycles. The number of likely N-dealkylation sites (tertiary alicyclic amines) is 1. The van der Waals surface area contributed by atoms with Crippen LogP contribution in [0.4, 0.5) is 11.4 Å². The van der Waals surface area contributed by atoms with Gasteiger partial charge in [-0.25, -0.2) is 0 Å². The largest absolute Gasteiger partial charge is 0.323 e. The molecule has 7 heteroatoms. The molecule has 6 nitrogen and oxygen atoms in total. The number of nitrogens with zero attached hydrogens (tertiary/aromatic N) is 2. The van der Waals surface area contributed by atoms with Crippen LogP contribution < -0.4 is 5.32 Å². The molecular weight excluding hydrogens is 306 g/mol. The molecule has 0 bridgehead atoms. The summed E-state index contributed by atoms with van der Waals surface area (Å²) in [5.74, 6) is -0.190. The average Bonchev–Trinajstić information content (AvgIpc) is 2.77. The van der Waals surface area contributed by atoms with E-state index in [1.807, 2.05) is 6.92 Å². The summed E-state index contributed by atoms with van der Waals surface area (Å²) in [4.78, 5) is 24.8. The van der Waals surface area contributed by atoms with Crippen LogP contribution in [0.25, 0.3) is 0 Å². The van der Waals surface area contributed by atoms with Crippen LogP contribution in [0.15, 0.2) is 18.2 Å². The molecule has 1 heterocycles. The lowest BCUT2D eigenvalue weighted by Gasteiger charge is -2.26. The molecule has 22 heavy (non-hydrogen) atoms. The Hall–Kier alpha value is -1.66. The van der Waals surface area contributed by atoms with Crippen molar-refractivity contribution in [2.24, 2.45) is 0 Å². The molecule has 1 amide bonds. The molecule has 1 unspecified atom stereocenters. The van der Waals surface area contributed by atoms with Crippen molar-refractivity contribution in [2.75, 3.05) is 18.4 Å². The van der Waals surface area contributed by atoms with Gasteiger partial charge in [0.15, 0.2) is 0 Å². The van der Waals surface area contributed by atoms with Gasteiger partial charge in [0.1, 0.15) is 0 Å². The van der Waals surface area contributed by atoms with Crippen LogP contribution in [0.5, 0.6) is 0 Å². The van der Waals surface area contributed by atoms with Crippen molar-refractivity contribution in [3.05, 3.63) is 33.3 Å². The van der Waals surface area contributed by atoms with Gasteiger partial charge < -0.3 is 5.32 Å². The van der Waals surface area contributed by atoms with Crippen LogP contribution >= 0.6 is 11.6 Å². The summed E-state index contributed by atoms with van der Waals surface area (Å²) in [6, 6.07) is 3.74. The predicted octanol–water partition coefficient (Wildman–Crippen LogP) is 3.45. The summed E-state index contributed by atoms with van der Waals surface area (Å²) >= 11 is 6.01. The minimum absolute atomic E-state index is 0.0953. The third-order valence-electron chi connectivity index (χ3n) is 3.99. The highest BCUT2D eigenvalue weighted by atomic mass is 35.5. The third kappa shape index (κ3) is 4.18. The van der Waals surface area contributed by atoms with Crippen molar-refractivity contribution >= 4 is 28.9 Å². The number of amides is 1. The zero-order valence-corrected chi connectivity index (χ0v) is 13.3. The number of non-ortho nitro benzene ring substituents is 1. The lowest BCUT2D eigenvalue weighted by atomic mass is 10.2. The first-order valence-electron chi connectivity index (χ1n) is 7.48. The van der Waals surface area contributed by atoms with E-state index in [-0.39, 0.29) is 23.3 Å². The number of benzene rings is 1. The predicted molar refractivity (Wildman–Crippen MR) is 86.2 cm³/mol. The molecule has 0 aliphatic carbocycles. The van der Waals surface area contributed by atoms with Gasteiger partial charge in [0.2, 0.25) is 5.91 Å². The summed E-state index contributed by atoms with van der Waals surface area (Å²) in [5, 5.41) is 13.8. The Kier molecular flexibility index (Phi) is 5.74. The number of nitrogens with one attached hydrogen (secondary N) is 1. The monoisotopic (exact) mass is 325 g/mol. The summed E-state index contributed by atoms with van der Waals surface area (Å²) < 4.78 is 0. The maximum absolute atomic E-state index is 12.4. The van der Waals surface area contributed by atoms with Crippen LogP contribution in [0, 0.1) is 10.1 Å². The van der Waals surface area contributed by atoms with Crippen LogP contribution in [-0.2, 0) is 4.79 Å². The Bertz CT molecular complexity index is 557. The number of hydrogen-bond acceptors (Lipinski definition) is 4. The fourth-order valence-corrected chi connectivity index (χ4v) is 2.77. The number of anilines is 1. The standard InChI is InChI=1S/C15H20ClN3O3/c1-11(18-8-4-2-3-5-9-18)15(20)17-14-10-12(19(21)22)6-7-13(14)16/h6-7,10-11H,2-5,8-9H2,1H3,(H,17,20). The van der Waals surface area contributed by atoms with E-state index < -0.39 is 4.92 Å². The van der Waals surface area contributed by atoms with Gasteiger partial charge in [0.05, 0.1) is 21.7 Å². The molecule has 1 atom stereocenters. The minimum atomic E-state index is -0.510. The van der Waals surface area contributed by atoms with Gasteiger partial charge in [-0.2, -0.15) is 0 Å². The third-order valence-corrected chi connectivity index (χ3v) is 4.32. The molecule has 0 aromatic heterocycles. The lowest BCUT2D eigenvalue weighted by molar-refractivity contribution is -0.384. The fourth-order valence-electron chi connectivity index (χ4n) is 2.61. The van der Waals surface area contributed by atoms with Gasteiger partial charge in [0.25, 0.3) is 5.69 Å². The van der Waals surface area contributed by atoms with Gasteiger partial charge in [-0.05, 0) is 38.9 Å². The first-order chi connectivity index (χ1) is 10.5. The van der Waals surface area contributed by atoms with Gasteiger partial charge in [-0.15, -0.1) is 0 Å². The molecule has 1 saturated heterocycles. The molecule has 1 aromatic rings. The van der Waals surface area contributed by atoms with E-state index in [0.717, 1.165) is 25.9 Å². The van der Waals surface area contributed by atoms with Crippen molar-refractivity contribution < 1.29 is 9.72 Å². The second-order valence-electron chi connectivity index (χ2n) is 5.54. The Morgan fingerprint density at radius 1 is 1.32 bits per heavy atom. The molecule has 120 valence electrons. The molecule has 2 rings (SSSR count). The maximum atomic E-state index is 12.4. The van der Waals surface area contributed by atoms with E-state index in [1.165, 1.54) is 31.0 Å². The number of rotatable bonds is 4. The molecule has 0 spiro atoms. The second kappa shape index (κ2) is 7.56. The molecule has 1 N–H and O–H groups in total. The van der Waals surface area contributed by atoms with Crippen molar-refractivity contribution in [3.8, 4) is 0 Å². The molecule has 0 radical (unpaired) electrons. The number of hydrogen-bond donors (Lipinski definition) is 1. The molecule has 1 aliphatic rings. The summed E-state index contributed by atoms with van der Waals surface area (Å²) in [6.45, 7) is 3.65. The molecule has 1 fully saturated rings. The molecule has 1 aromatic carbocycles. The number of nitro benzene ring substituents is 1. The van der Waals surface area contributed by atoms with Gasteiger partial charge in [0, 0.05) is 12.1 Å². The van der Waals surface area contributed by atoms with Crippen LogP contribution in [-0.4, -0.2) is 34.9 Å². The zero-order chi connectivity index (χ0) is 16.1. The Labute approximate surface area is 134 Å². The van der Waals surface area contributed by atoms with E-state index in [4.69, 9.17) is 11.6 Å². The van der Waals surface area contributed by atoms with E-state index in [1.54, 1.807) is 0 Å². The van der Waals surface area contributed by atoms with Crippen LogP contribution in [0.2, 0.25) is 5.02 Å². The number of carbonyl (C=O) groups is 1. The average molecular weight is 326 g/mol. The van der Waals surface area contributed by atoms with E-state index in [9.17, 15) is 14.9 Å². The Morgan fingerprint density at radius 2 is 1.95 bits per heavy atom. The number of nitro groups is 1. The Balaban J connectivity index is 2.07. The summed E-state index contributed by atoms with van der Waals surface area (Å²) in [5.41, 5.74) is 0.185. The van der Waals surface area contributed by atoms with E-state index in [2.05, 4.69) is 10.2 Å². The smallest absolute Gasteiger partial charge is 0.271 e. The number of halogens is 1. The maximum Gasteiger partial charge on any atom is 0.271 e. The topological polar surface area (TPSA) is 75.5 Å². The Morgan fingerprint density at radius 3 is 2.55 bits per heavy atom. The van der Waals surface area contributed by atoms with Gasteiger partial charge in [-0.1, -0.05) is 24.4 Å². The minimum Gasteiger partial charge on any atom is -0.323 e. The van der Waals surface area contributed by atoms with Crippen LogP contribution in [0.1, 0.15) is 32.6 Å². The highest BCUT2D eigenvalue weighted by molar-refractivity contribution is 6.33. The second-order valence-corrected chi connectivity index (χ2v) is 5.94. The molecule has 0 saturated carbocycles. The van der Waals surface area contributed by atoms with Gasteiger partial charge >= 0.3 is 0 Å². The van der Waals surface area contributed by atoms with Crippen molar-refractivity contribution in [1.82, 2.24) is 4.90 Å². The van der Waals surface area contributed by atoms with Crippen molar-refractivity contribution in [2.45, 2.75) is 38.6 Å². The normalized spacial score (nSPS) is 17.5. The zero-order valence-electron chi connectivity index (χ0n) is 12.5. The fraction of sp³-hybridized carbons (Fsp3) is 0.533. The van der Waals surface area contributed by atoms with E-state index >= 15 is 0 Å². The van der Waals surface area contributed by atoms with Gasteiger partial charge in [-0.3, -0.25) is 19.8 Å². The SMILES string of the molecule is CC(C(=O)Nc1cc([N+](=O)[O-])ccc1Cl)N1CCCCCC1. The molecular formula is C15H20ClN3O3. The quantitative estimate of drug-likeness (QED) is 0.679. The van der Waals surface area contributed by atoms with Crippen LogP contribution in [0.3, 0.4) is 0 Å². The highest BCUT2D eigenvalue weighted by Gasteiger charge is 2.23. The summed E-state index contributed by atoms with van der Waals surface area (Å²) in [6.07, 6.45) is 4.58. The van der Waals surface area contributed by atoms with Crippen molar-refractivity contribution in [1.29, 1.82) is 0 Å². The highest BCUT2D eigenvalue weighted by Crippen LogP contribution is 2.27. The number of carbonyl (C=O) groups excluding carboxylic acids is 1. The van der Waals surface area contributed by atoms with Crippen molar-refractivity contribution in [3.63, 3.8) is 0 Å². The first-order valence-corrected chi connectivity index (χ1v) is 7.85. The summed E-state index contributed by atoms with van der Waals surface area (Å²) in [7, 11) is 0. The van der Waals surface area contributed by atoms with E-state index in [0.29, 0.717) is 5.02 Å². The first kappa shape index (κ1) is 16.7. The lowest BCUT2D eigenvalue weighted by Crippen LogP contribution is -2.42.